The number of nitrogens with one attached hydrogen (secondary N) is 2. The van der Waals surface area contributed by atoms with Gasteiger partial charge in [-0.2, -0.15) is 5.10 Å². The predicted octanol–water partition coefficient (Wildman–Crippen LogP) is 4.50. The topological polar surface area (TPSA) is 70.2 Å². The molecule has 2 N–H and O–H groups in total. The molecule has 4 rings (SSSR count). The highest BCUT2D eigenvalue weighted by Crippen LogP contribution is 2.30. The Morgan fingerprint density at radius 2 is 2.10 bits per heavy atom. The number of amides is 1. The number of aryl methyl sites for hydroxylation is 1. The lowest BCUT2D eigenvalue weighted by Crippen LogP contribution is -2.24. The first-order valence-corrected chi connectivity index (χ1v) is 10.1. The van der Waals surface area contributed by atoms with Gasteiger partial charge >= 0.3 is 0 Å². The zero-order valence-electron chi connectivity index (χ0n) is 16.9. The number of ether oxygens (including phenoxy) is 1. The van der Waals surface area contributed by atoms with Crippen molar-refractivity contribution in [2.24, 2.45) is 0 Å². The highest BCUT2D eigenvalue weighted by Gasteiger charge is 2.17. The van der Waals surface area contributed by atoms with Crippen LogP contribution < -0.4 is 15.0 Å². The Hall–Kier alpha value is -3.28. The van der Waals surface area contributed by atoms with Gasteiger partial charge < -0.3 is 15.0 Å². The van der Waals surface area contributed by atoms with Crippen molar-refractivity contribution in [3.05, 3.63) is 59.8 Å². The van der Waals surface area contributed by atoms with Crippen LogP contribution in [0.3, 0.4) is 0 Å². The van der Waals surface area contributed by atoms with Crippen molar-refractivity contribution in [1.29, 1.82) is 0 Å². The van der Waals surface area contributed by atoms with Crippen LogP contribution in [0.5, 0.6) is 5.75 Å². The second-order valence-corrected chi connectivity index (χ2v) is 7.33. The predicted molar refractivity (Wildman–Crippen MR) is 116 cm³/mol. The molecule has 1 amide bonds. The van der Waals surface area contributed by atoms with E-state index in [2.05, 4.69) is 40.5 Å². The third-order valence-electron chi connectivity index (χ3n) is 5.14. The van der Waals surface area contributed by atoms with Crippen LogP contribution in [-0.4, -0.2) is 36.3 Å². The largest absolute Gasteiger partial charge is 0.493 e. The Bertz CT molecular complexity index is 1010. The van der Waals surface area contributed by atoms with Gasteiger partial charge in [-0.15, -0.1) is 0 Å². The Morgan fingerprint density at radius 3 is 2.97 bits per heavy atom. The van der Waals surface area contributed by atoms with Gasteiger partial charge in [-0.3, -0.25) is 9.89 Å². The van der Waals surface area contributed by atoms with Crippen LogP contribution in [0.15, 0.2) is 48.5 Å². The zero-order valence-corrected chi connectivity index (χ0v) is 16.9. The normalized spacial score (nSPS) is 13.1. The second kappa shape index (κ2) is 8.39. The van der Waals surface area contributed by atoms with Crippen molar-refractivity contribution in [3.8, 4) is 17.0 Å². The summed E-state index contributed by atoms with van der Waals surface area (Å²) in [5, 5.41) is 10.2. The number of fused-ring (bicyclic) bond motifs is 1. The first-order chi connectivity index (χ1) is 14.2. The van der Waals surface area contributed by atoms with Gasteiger partial charge in [0.1, 0.15) is 11.4 Å². The molecule has 29 heavy (non-hydrogen) atoms. The fourth-order valence-electron chi connectivity index (χ4n) is 3.63. The summed E-state index contributed by atoms with van der Waals surface area (Å²) in [5.74, 6) is 0.555. The number of nitrogens with zero attached hydrogens (tertiary/aromatic N) is 2. The van der Waals surface area contributed by atoms with E-state index in [9.17, 15) is 4.79 Å². The van der Waals surface area contributed by atoms with E-state index in [1.165, 1.54) is 11.3 Å². The molecule has 150 valence electrons. The maximum Gasteiger partial charge on any atom is 0.273 e. The summed E-state index contributed by atoms with van der Waals surface area (Å²) >= 11 is 0. The van der Waals surface area contributed by atoms with Gasteiger partial charge in [0.15, 0.2) is 0 Å². The standard InChI is InChI=1S/C23H26N4O2/c1-3-13-29-22-9-5-4-8-18(22)19-15-20(26-25-19)23(28)24-17-11-10-16-7-6-12-27(2)21(16)14-17/h4-5,8-11,14-15H,3,6-7,12-13H2,1-2H3,(H,24,28)(H,25,26). The Kier molecular flexibility index (Phi) is 5.51. The molecule has 0 saturated carbocycles. The zero-order chi connectivity index (χ0) is 20.2. The minimum absolute atomic E-state index is 0.214. The molecule has 2 aromatic carbocycles. The Labute approximate surface area is 170 Å². The summed E-state index contributed by atoms with van der Waals surface area (Å²) in [6, 6.07) is 15.6. The summed E-state index contributed by atoms with van der Waals surface area (Å²) in [5.41, 5.74) is 5.26. The number of aromatic nitrogens is 2. The summed E-state index contributed by atoms with van der Waals surface area (Å²) in [4.78, 5) is 15.0. The molecule has 1 aliphatic rings. The summed E-state index contributed by atoms with van der Waals surface area (Å²) in [7, 11) is 2.09. The van der Waals surface area contributed by atoms with Crippen molar-refractivity contribution in [1.82, 2.24) is 10.2 Å². The fourth-order valence-corrected chi connectivity index (χ4v) is 3.63. The lowest BCUT2D eigenvalue weighted by Gasteiger charge is -2.28. The maximum absolute atomic E-state index is 12.7. The van der Waals surface area contributed by atoms with Crippen LogP contribution in [0.25, 0.3) is 11.3 Å². The van der Waals surface area contributed by atoms with Crippen LogP contribution in [0, 0.1) is 0 Å². The van der Waals surface area contributed by atoms with E-state index >= 15 is 0 Å². The van der Waals surface area contributed by atoms with E-state index in [-0.39, 0.29) is 5.91 Å². The molecule has 0 aliphatic carbocycles. The summed E-state index contributed by atoms with van der Waals surface area (Å²) < 4.78 is 5.81. The first-order valence-electron chi connectivity index (χ1n) is 10.1. The number of aromatic amines is 1. The van der Waals surface area contributed by atoms with Gasteiger partial charge in [0, 0.05) is 30.5 Å². The number of carbonyl (C=O) groups is 1. The van der Waals surface area contributed by atoms with E-state index in [0.717, 1.165) is 42.8 Å². The van der Waals surface area contributed by atoms with Crippen molar-refractivity contribution >= 4 is 17.3 Å². The number of para-hydroxylation sites is 1. The van der Waals surface area contributed by atoms with Crippen LogP contribution in [0.1, 0.15) is 35.8 Å². The molecule has 1 aromatic heterocycles. The molecule has 0 unspecified atom stereocenters. The van der Waals surface area contributed by atoms with Gasteiger partial charge in [-0.1, -0.05) is 25.1 Å². The molecular weight excluding hydrogens is 364 g/mol. The SMILES string of the molecule is CCCOc1ccccc1-c1cc(C(=O)Nc2ccc3c(c2)N(C)CCC3)[nH]n1. The summed E-state index contributed by atoms with van der Waals surface area (Å²) in [6.07, 6.45) is 3.17. The van der Waals surface area contributed by atoms with Crippen LogP contribution in [0.4, 0.5) is 11.4 Å². The molecule has 6 heteroatoms. The smallest absolute Gasteiger partial charge is 0.273 e. The molecule has 0 saturated heterocycles. The monoisotopic (exact) mass is 390 g/mol. The molecule has 6 nitrogen and oxygen atoms in total. The summed E-state index contributed by atoms with van der Waals surface area (Å²) in [6.45, 7) is 3.74. The molecule has 1 aliphatic heterocycles. The molecule has 3 aromatic rings. The van der Waals surface area contributed by atoms with E-state index in [1.807, 2.05) is 36.4 Å². The van der Waals surface area contributed by atoms with Gasteiger partial charge in [0.2, 0.25) is 0 Å². The second-order valence-electron chi connectivity index (χ2n) is 7.33. The first kappa shape index (κ1) is 19.1. The number of hydrogen-bond acceptors (Lipinski definition) is 4. The highest BCUT2D eigenvalue weighted by atomic mass is 16.5. The molecule has 0 atom stereocenters. The lowest BCUT2D eigenvalue weighted by atomic mass is 10.0. The van der Waals surface area contributed by atoms with E-state index in [4.69, 9.17) is 4.74 Å². The average Bonchev–Trinajstić information content (AvgIpc) is 3.23. The van der Waals surface area contributed by atoms with Crippen molar-refractivity contribution in [2.45, 2.75) is 26.2 Å². The number of rotatable bonds is 6. The van der Waals surface area contributed by atoms with Crippen LogP contribution >= 0.6 is 0 Å². The van der Waals surface area contributed by atoms with Gasteiger partial charge in [-0.25, -0.2) is 0 Å². The number of anilines is 2. The van der Waals surface area contributed by atoms with E-state index < -0.39 is 0 Å². The van der Waals surface area contributed by atoms with Gasteiger partial charge in [0.05, 0.1) is 12.3 Å². The fraction of sp³-hybridized carbons (Fsp3) is 0.304. The van der Waals surface area contributed by atoms with Crippen molar-refractivity contribution < 1.29 is 9.53 Å². The lowest BCUT2D eigenvalue weighted by molar-refractivity contribution is 0.102. The molecule has 0 spiro atoms. The van der Waals surface area contributed by atoms with Gasteiger partial charge in [-0.05, 0) is 55.2 Å². The number of H-pyrrole nitrogens is 1. The third-order valence-corrected chi connectivity index (χ3v) is 5.14. The van der Waals surface area contributed by atoms with Crippen LogP contribution in [0.2, 0.25) is 0 Å². The molecule has 0 radical (unpaired) electrons. The number of hydrogen-bond donors (Lipinski definition) is 2. The molecule has 0 fully saturated rings. The van der Waals surface area contributed by atoms with Crippen LogP contribution in [-0.2, 0) is 6.42 Å². The third kappa shape index (κ3) is 4.11. The average molecular weight is 390 g/mol. The number of benzene rings is 2. The Morgan fingerprint density at radius 1 is 1.24 bits per heavy atom. The number of carbonyl (C=O) groups excluding carboxylic acids is 1. The van der Waals surface area contributed by atoms with E-state index in [1.54, 1.807) is 6.07 Å². The minimum Gasteiger partial charge on any atom is -0.493 e. The maximum atomic E-state index is 12.7. The van der Waals surface area contributed by atoms with E-state index in [0.29, 0.717) is 18.0 Å². The van der Waals surface area contributed by atoms with Gasteiger partial charge in [0.25, 0.3) is 5.91 Å². The highest BCUT2D eigenvalue weighted by molar-refractivity contribution is 6.03. The quantitative estimate of drug-likeness (QED) is 0.650. The molecule has 2 heterocycles. The van der Waals surface area contributed by atoms with Crippen molar-refractivity contribution in [3.63, 3.8) is 0 Å². The minimum atomic E-state index is -0.214. The Balaban J connectivity index is 1.52. The molecular formula is C23H26N4O2. The van der Waals surface area contributed by atoms with Crippen molar-refractivity contribution in [2.75, 3.05) is 30.4 Å². The molecule has 0 bridgehead atoms.